The average molecular weight is 323 g/mol. The number of benzene rings is 1. The van der Waals surface area contributed by atoms with Gasteiger partial charge in [0.25, 0.3) is 5.91 Å². The molecule has 0 unspecified atom stereocenters. The van der Waals surface area contributed by atoms with Crippen molar-refractivity contribution < 1.29 is 9.90 Å². The van der Waals surface area contributed by atoms with Crippen molar-refractivity contribution in [1.82, 2.24) is 10.3 Å². The summed E-state index contributed by atoms with van der Waals surface area (Å²) in [7, 11) is 0. The first-order valence-corrected chi connectivity index (χ1v) is 7.69. The Kier molecular flexibility index (Phi) is 5.01. The molecule has 2 N–H and O–H groups in total. The number of aliphatic hydroxyl groups excluding tert-OH is 1. The second kappa shape index (κ2) is 6.81. The van der Waals surface area contributed by atoms with Gasteiger partial charge < -0.3 is 10.4 Å². The highest BCUT2D eigenvalue weighted by atomic mass is 16.3. The molecule has 0 saturated heterocycles. The Balaban J connectivity index is 2.32. The fourth-order valence-corrected chi connectivity index (χ4v) is 2.21. The minimum atomic E-state index is -0.681. The molecule has 0 bridgehead atoms. The van der Waals surface area contributed by atoms with Crippen molar-refractivity contribution >= 4 is 5.91 Å². The summed E-state index contributed by atoms with van der Waals surface area (Å²) in [6, 6.07) is 10.9. The van der Waals surface area contributed by atoms with Crippen molar-refractivity contribution in [3.05, 3.63) is 52.7 Å². The van der Waals surface area contributed by atoms with Crippen molar-refractivity contribution in [3.63, 3.8) is 0 Å². The monoisotopic (exact) mass is 323 g/mol. The molecule has 2 rings (SSSR count). The maximum Gasteiger partial charge on any atom is 0.251 e. The second-order valence-electron chi connectivity index (χ2n) is 6.47. The Hall–Kier alpha value is -2.71. The van der Waals surface area contributed by atoms with Gasteiger partial charge in [0, 0.05) is 16.8 Å². The van der Waals surface area contributed by atoms with Crippen LogP contribution in [0.25, 0.3) is 11.3 Å². The van der Waals surface area contributed by atoms with Crippen LogP contribution in [-0.2, 0) is 0 Å². The van der Waals surface area contributed by atoms with Gasteiger partial charge in [0.05, 0.1) is 23.4 Å². The first-order chi connectivity index (χ1) is 11.3. The Labute approximate surface area is 142 Å². The lowest BCUT2D eigenvalue weighted by Gasteiger charge is -2.23. The Morgan fingerprint density at radius 2 is 1.92 bits per heavy atom. The zero-order chi connectivity index (χ0) is 17.9. The summed E-state index contributed by atoms with van der Waals surface area (Å²) in [6.45, 7) is 7.17. The van der Waals surface area contributed by atoms with Crippen molar-refractivity contribution in [3.8, 4) is 17.3 Å². The molecule has 124 valence electrons. The van der Waals surface area contributed by atoms with Crippen LogP contribution in [0.1, 0.15) is 41.0 Å². The van der Waals surface area contributed by atoms with Crippen LogP contribution in [0, 0.1) is 25.2 Å². The molecule has 1 heterocycles. The summed E-state index contributed by atoms with van der Waals surface area (Å²) in [5.41, 5.74) is 3.56. The van der Waals surface area contributed by atoms with E-state index in [4.69, 9.17) is 0 Å². The third-order valence-corrected chi connectivity index (χ3v) is 3.85. The van der Waals surface area contributed by atoms with Crippen LogP contribution in [0.5, 0.6) is 0 Å². The number of nitrogens with zero attached hydrogens (tertiary/aromatic N) is 2. The van der Waals surface area contributed by atoms with Crippen LogP contribution in [0.15, 0.2) is 30.3 Å². The summed E-state index contributed by atoms with van der Waals surface area (Å²) in [5.74, 6) is -0.255. The van der Waals surface area contributed by atoms with E-state index in [9.17, 15) is 15.2 Å². The number of aromatic nitrogens is 1. The Bertz CT molecular complexity index is 803. The minimum Gasteiger partial charge on any atom is -0.394 e. The molecular formula is C19H21N3O2. The predicted molar refractivity (Wildman–Crippen MR) is 92.5 cm³/mol. The number of carbonyl (C=O) groups is 1. The zero-order valence-corrected chi connectivity index (χ0v) is 14.3. The summed E-state index contributed by atoms with van der Waals surface area (Å²) >= 11 is 0. The molecule has 2 aromatic rings. The van der Waals surface area contributed by atoms with Crippen molar-refractivity contribution in [2.45, 2.75) is 33.2 Å². The summed E-state index contributed by atoms with van der Waals surface area (Å²) in [5, 5.41) is 21.3. The van der Waals surface area contributed by atoms with E-state index in [1.165, 1.54) is 0 Å². The summed E-state index contributed by atoms with van der Waals surface area (Å²) in [6.07, 6.45) is 0. The molecule has 0 spiro atoms. The van der Waals surface area contributed by atoms with Gasteiger partial charge in [-0.05, 0) is 51.5 Å². The number of nitriles is 1. The van der Waals surface area contributed by atoms with Crippen LogP contribution < -0.4 is 5.32 Å². The van der Waals surface area contributed by atoms with Gasteiger partial charge in [0.15, 0.2) is 0 Å². The van der Waals surface area contributed by atoms with E-state index < -0.39 is 5.54 Å². The van der Waals surface area contributed by atoms with Gasteiger partial charge in [0.1, 0.15) is 6.07 Å². The molecule has 1 amide bonds. The third kappa shape index (κ3) is 3.79. The number of hydrogen-bond acceptors (Lipinski definition) is 4. The van der Waals surface area contributed by atoms with Crippen molar-refractivity contribution in [2.75, 3.05) is 6.61 Å². The number of rotatable bonds is 4. The maximum atomic E-state index is 12.2. The van der Waals surface area contributed by atoms with Crippen molar-refractivity contribution in [1.29, 1.82) is 5.26 Å². The van der Waals surface area contributed by atoms with Gasteiger partial charge in [-0.15, -0.1) is 0 Å². The first kappa shape index (κ1) is 17.6. The third-order valence-electron chi connectivity index (χ3n) is 3.85. The number of nitrogens with one attached hydrogen (secondary N) is 1. The largest absolute Gasteiger partial charge is 0.394 e. The number of amides is 1. The van der Waals surface area contributed by atoms with Gasteiger partial charge in [-0.3, -0.25) is 9.78 Å². The maximum absolute atomic E-state index is 12.2. The van der Waals surface area contributed by atoms with E-state index >= 15 is 0 Å². The molecule has 5 nitrogen and oxygen atoms in total. The molecule has 1 aromatic heterocycles. The topological polar surface area (TPSA) is 86.0 Å². The molecule has 0 radical (unpaired) electrons. The van der Waals surface area contributed by atoms with E-state index in [0.29, 0.717) is 16.8 Å². The number of aliphatic hydroxyl groups is 1. The summed E-state index contributed by atoms with van der Waals surface area (Å²) in [4.78, 5) is 16.7. The SMILES string of the molecule is Cc1cc(C#N)c(-c2ccc(C(=O)NC(C)(C)CO)cc2)nc1C. The zero-order valence-electron chi connectivity index (χ0n) is 14.3. The molecule has 0 fully saturated rings. The van der Waals surface area contributed by atoms with Gasteiger partial charge in [-0.1, -0.05) is 12.1 Å². The smallest absolute Gasteiger partial charge is 0.251 e. The first-order valence-electron chi connectivity index (χ1n) is 7.69. The van der Waals surface area contributed by atoms with Crippen LogP contribution in [0.4, 0.5) is 0 Å². The lowest BCUT2D eigenvalue weighted by molar-refractivity contribution is 0.0869. The Morgan fingerprint density at radius 3 is 2.46 bits per heavy atom. The van der Waals surface area contributed by atoms with Crippen LogP contribution in [-0.4, -0.2) is 28.1 Å². The van der Waals surface area contributed by atoms with E-state index in [0.717, 1.165) is 16.8 Å². The number of carbonyl (C=O) groups excluding carboxylic acids is 1. The van der Waals surface area contributed by atoms with Crippen molar-refractivity contribution in [2.24, 2.45) is 0 Å². The number of hydrogen-bond donors (Lipinski definition) is 2. The lowest BCUT2D eigenvalue weighted by Crippen LogP contribution is -2.46. The highest BCUT2D eigenvalue weighted by Crippen LogP contribution is 2.24. The molecule has 0 aliphatic heterocycles. The molecular weight excluding hydrogens is 302 g/mol. The normalized spacial score (nSPS) is 11.0. The van der Waals surface area contributed by atoms with E-state index in [1.54, 1.807) is 38.1 Å². The molecule has 1 aromatic carbocycles. The average Bonchev–Trinajstić information content (AvgIpc) is 2.56. The van der Waals surface area contributed by atoms with Crippen LogP contribution in [0.3, 0.4) is 0 Å². The molecule has 24 heavy (non-hydrogen) atoms. The Morgan fingerprint density at radius 1 is 1.29 bits per heavy atom. The van der Waals surface area contributed by atoms with Gasteiger partial charge in [-0.2, -0.15) is 5.26 Å². The molecule has 0 atom stereocenters. The molecule has 0 aliphatic rings. The quantitative estimate of drug-likeness (QED) is 0.906. The number of pyridine rings is 1. The fourth-order valence-electron chi connectivity index (χ4n) is 2.21. The fraction of sp³-hybridized carbons (Fsp3) is 0.316. The second-order valence-corrected chi connectivity index (χ2v) is 6.47. The lowest BCUT2D eigenvalue weighted by atomic mass is 10.0. The molecule has 0 saturated carbocycles. The highest BCUT2D eigenvalue weighted by molar-refractivity contribution is 5.95. The minimum absolute atomic E-state index is 0.144. The predicted octanol–water partition coefficient (Wildman–Crippen LogP) is 2.74. The molecule has 5 heteroatoms. The van der Waals surface area contributed by atoms with E-state index in [1.807, 2.05) is 19.9 Å². The highest BCUT2D eigenvalue weighted by Gasteiger charge is 2.20. The van der Waals surface area contributed by atoms with Gasteiger partial charge in [-0.25, -0.2) is 0 Å². The number of aryl methyl sites for hydroxylation is 2. The van der Waals surface area contributed by atoms with E-state index in [2.05, 4.69) is 16.4 Å². The molecule has 0 aliphatic carbocycles. The van der Waals surface area contributed by atoms with Crippen LogP contribution in [0.2, 0.25) is 0 Å². The van der Waals surface area contributed by atoms with Gasteiger partial charge >= 0.3 is 0 Å². The van der Waals surface area contributed by atoms with Crippen LogP contribution >= 0.6 is 0 Å². The summed E-state index contributed by atoms with van der Waals surface area (Å²) < 4.78 is 0. The van der Waals surface area contributed by atoms with Gasteiger partial charge in [0.2, 0.25) is 0 Å². The standard InChI is InChI=1S/C19H21N3O2/c1-12-9-16(10-20)17(21-13(12)2)14-5-7-15(8-6-14)18(24)22-19(3,4)11-23/h5-9,23H,11H2,1-4H3,(H,22,24). The van der Waals surface area contributed by atoms with E-state index in [-0.39, 0.29) is 12.5 Å².